The molecular formula is C10H11Cl2NO2. The first-order chi connectivity index (χ1) is 7.10. The molecule has 1 aromatic rings. The molecule has 1 aromatic carbocycles. The van der Waals surface area contributed by atoms with Crippen molar-refractivity contribution >= 4 is 29.1 Å². The van der Waals surface area contributed by atoms with Crippen LogP contribution in [0.4, 0.5) is 0 Å². The highest BCUT2D eigenvalue weighted by Crippen LogP contribution is 2.34. The zero-order chi connectivity index (χ0) is 11.4. The molecule has 1 N–H and O–H groups in total. The van der Waals surface area contributed by atoms with Gasteiger partial charge in [-0.3, -0.25) is 4.79 Å². The maximum absolute atomic E-state index is 11.3. The molecule has 0 saturated heterocycles. The molecule has 0 bridgehead atoms. The van der Waals surface area contributed by atoms with Gasteiger partial charge in [-0.25, -0.2) is 0 Å². The minimum absolute atomic E-state index is 0.234. The average molecular weight is 248 g/mol. The fourth-order valence-corrected chi connectivity index (χ4v) is 1.71. The summed E-state index contributed by atoms with van der Waals surface area (Å²) in [4.78, 5) is 11.3. The lowest BCUT2D eigenvalue weighted by atomic mass is 10.2. The Morgan fingerprint density at radius 2 is 1.93 bits per heavy atom. The normalized spacial score (nSPS) is 9.87. The van der Waals surface area contributed by atoms with Gasteiger partial charge in [0.1, 0.15) is 0 Å². The van der Waals surface area contributed by atoms with E-state index in [2.05, 4.69) is 5.32 Å². The van der Waals surface area contributed by atoms with Crippen molar-refractivity contribution in [2.45, 2.75) is 6.92 Å². The van der Waals surface area contributed by atoms with Crippen LogP contribution >= 0.6 is 23.2 Å². The zero-order valence-corrected chi connectivity index (χ0v) is 9.95. The molecule has 1 amide bonds. The fourth-order valence-electron chi connectivity index (χ4n) is 1.12. The van der Waals surface area contributed by atoms with Crippen molar-refractivity contribution in [3.63, 3.8) is 0 Å². The summed E-state index contributed by atoms with van der Waals surface area (Å²) in [5.41, 5.74) is 0.413. The zero-order valence-electron chi connectivity index (χ0n) is 8.43. The third kappa shape index (κ3) is 2.76. The molecule has 1 rings (SSSR count). The molecule has 0 atom stereocenters. The number of carbonyl (C=O) groups is 1. The monoisotopic (exact) mass is 247 g/mol. The van der Waals surface area contributed by atoms with E-state index in [0.717, 1.165) is 0 Å². The van der Waals surface area contributed by atoms with Crippen molar-refractivity contribution < 1.29 is 9.53 Å². The molecule has 0 saturated carbocycles. The number of amides is 1. The first-order valence-corrected chi connectivity index (χ1v) is 5.19. The highest BCUT2D eigenvalue weighted by atomic mass is 35.5. The summed E-state index contributed by atoms with van der Waals surface area (Å²) in [6, 6.07) is 3.05. The molecule has 0 aliphatic rings. The van der Waals surface area contributed by atoms with Gasteiger partial charge in [-0.15, -0.1) is 0 Å². The van der Waals surface area contributed by atoms with Crippen molar-refractivity contribution in [3.05, 3.63) is 27.7 Å². The number of benzene rings is 1. The number of nitrogens with one attached hydrogen (secondary N) is 1. The van der Waals surface area contributed by atoms with Crippen LogP contribution in [-0.2, 0) is 0 Å². The molecule has 15 heavy (non-hydrogen) atoms. The summed E-state index contributed by atoms with van der Waals surface area (Å²) >= 11 is 11.9. The minimum atomic E-state index is -0.234. The Bertz CT molecular complexity index is 357. The lowest BCUT2D eigenvalue weighted by molar-refractivity contribution is 0.0963. The van der Waals surface area contributed by atoms with Gasteiger partial charge in [-0.05, 0) is 19.1 Å². The average Bonchev–Trinajstić information content (AvgIpc) is 2.22. The van der Waals surface area contributed by atoms with Gasteiger partial charge in [0.25, 0.3) is 5.91 Å². The molecular weight excluding hydrogens is 237 g/mol. The van der Waals surface area contributed by atoms with Gasteiger partial charge >= 0.3 is 0 Å². The third-order valence-electron chi connectivity index (χ3n) is 1.78. The molecule has 0 aliphatic carbocycles. The Morgan fingerprint density at radius 3 is 2.33 bits per heavy atom. The lowest BCUT2D eigenvalue weighted by Crippen LogP contribution is -2.17. The van der Waals surface area contributed by atoms with Crippen molar-refractivity contribution in [1.82, 2.24) is 5.32 Å². The summed E-state index contributed by atoms with van der Waals surface area (Å²) in [5.74, 6) is 0.176. The second-order valence-electron chi connectivity index (χ2n) is 2.78. The van der Waals surface area contributed by atoms with Gasteiger partial charge in [0.15, 0.2) is 5.75 Å². The van der Waals surface area contributed by atoms with Gasteiger partial charge in [-0.2, -0.15) is 0 Å². The summed E-state index contributed by atoms with van der Waals surface area (Å²) < 4.78 is 5.24. The predicted molar refractivity (Wildman–Crippen MR) is 61.0 cm³/mol. The number of hydrogen-bond donors (Lipinski definition) is 1. The van der Waals surface area contributed by atoms with E-state index in [9.17, 15) is 4.79 Å². The van der Waals surface area contributed by atoms with Crippen LogP contribution in [0.15, 0.2) is 12.1 Å². The highest BCUT2D eigenvalue weighted by Gasteiger charge is 2.12. The first kappa shape index (κ1) is 12.1. The van der Waals surface area contributed by atoms with Crippen molar-refractivity contribution in [1.29, 1.82) is 0 Å². The maximum Gasteiger partial charge on any atom is 0.251 e. The fraction of sp³-hybridized carbons (Fsp3) is 0.300. The van der Waals surface area contributed by atoms with Crippen LogP contribution in [0.1, 0.15) is 17.3 Å². The summed E-state index contributed by atoms with van der Waals surface area (Å²) in [6.45, 7) is 2.30. The summed E-state index contributed by atoms with van der Waals surface area (Å²) in [7, 11) is 1.54. The molecule has 3 nitrogen and oxygen atoms in total. The molecule has 0 heterocycles. The summed E-state index contributed by atoms with van der Waals surface area (Å²) in [5, 5.41) is 3.16. The smallest absolute Gasteiger partial charge is 0.251 e. The van der Waals surface area contributed by atoms with Gasteiger partial charge in [0.2, 0.25) is 0 Å². The number of carbonyl (C=O) groups excluding carboxylic acids is 1. The minimum Gasteiger partial charge on any atom is -0.491 e. The standard InChI is InChI=1S/C10H11Cl2NO2/c1-3-15-9-7(11)4-6(5-8(9)12)10(14)13-2/h4-5H,3H2,1-2H3,(H,13,14). The predicted octanol–water partition coefficient (Wildman–Crippen LogP) is 2.75. The van der Waals surface area contributed by atoms with E-state index in [-0.39, 0.29) is 5.91 Å². The Kier molecular flexibility index (Phi) is 4.24. The molecule has 5 heteroatoms. The largest absolute Gasteiger partial charge is 0.491 e. The highest BCUT2D eigenvalue weighted by molar-refractivity contribution is 6.37. The van der Waals surface area contributed by atoms with Crippen molar-refractivity contribution in [2.24, 2.45) is 0 Å². The van der Waals surface area contributed by atoms with E-state index in [4.69, 9.17) is 27.9 Å². The Labute approximate surface area is 98.3 Å². The van der Waals surface area contributed by atoms with E-state index in [1.165, 1.54) is 12.1 Å². The van der Waals surface area contributed by atoms with Crippen LogP contribution < -0.4 is 10.1 Å². The molecule has 0 aromatic heterocycles. The molecule has 0 spiro atoms. The van der Waals surface area contributed by atoms with Gasteiger partial charge in [-0.1, -0.05) is 23.2 Å². The number of hydrogen-bond acceptors (Lipinski definition) is 2. The molecule has 82 valence electrons. The SMILES string of the molecule is CCOc1c(Cl)cc(C(=O)NC)cc1Cl. The molecule has 0 radical (unpaired) electrons. The van der Waals surface area contributed by atoms with Gasteiger partial charge in [0, 0.05) is 12.6 Å². The van der Waals surface area contributed by atoms with Crippen LogP contribution in [-0.4, -0.2) is 19.6 Å². The molecule has 0 unspecified atom stereocenters. The second kappa shape index (κ2) is 5.24. The number of rotatable bonds is 3. The Balaban J connectivity index is 3.13. The topological polar surface area (TPSA) is 38.3 Å². The van der Waals surface area contributed by atoms with E-state index in [1.54, 1.807) is 7.05 Å². The number of halogens is 2. The Hall–Kier alpha value is -0.930. The van der Waals surface area contributed by atoms with Crippen LogP contribution in [0, 0.1) is 0 Å². The van der Waals surface area contributed by atoms with Crippen LogP contribution in [0.25, 0.3) is 0 Å². The number of ether oxygens (including phenoxy) is 1. The second-order valence-corrected chi connectivity index (χ2v) is 3.60. The Morgan fingerprint density at radius 1 is 1.40 bits per heavy atom. The summed E-state index contributed by atoms with van der Waals surface area (Å²) in [6.07, 6.45) is 0. The van der Waals surface area contributed by atoms with Crippen LogP contribution in [0.3, 0.4) is 0 Å². The van der Waals surface area contributed by atoms with Crippen LogP contribution in [0.2, 0.25) is 10.0 Å². The maximum atomic E-state index is 11.3. The molecule has 0 aliphatic heterocycles. The van der Waals surface area contributed by atoms with Crippen molar-refractivity contribution in [2.75, 3.05) is 13.7 Å². The third-order valence-corrected chi connectivity index (χ3v) is 2.34. The lowest BCUT2D eigenvalue weighted by Gasteiger charge is -2.09. The van der Waals surface area contributed by atoms with E-state index >= 15 is 0 Å². The van der Waals surface area contributed by atoms with Crippen molar-refractivity contribution in [3.8, 4) is 5.75 Å². The van der Waals surface area contributed by atoms with E-state index < -0.39 is 0 Å². The van der Waals surface area contributed by atoms with E-state index in [1.807, 2.05) is 6.92 Å². The van der Waals surface area contributed by atoms with E-state index in [0.29, 0.717) is 28.0 Å². The van der Waals surface area contributed by atoms with Gasteiger partial charge < -0.3 is 10.1 Å². The molecule has 0 fully saturated rings. The van der Waals surface area contributed by atoms with Gasteiger partial charge in [0.05, 0.1) is 16.7 Å². The van der Waals surface area contributed by atoms with Crippen LogP contribution in [0.5, 0.6) is 5.75 Å². The first-order valence-electron chi connectivity index (χ1n) is 4.44. The quantitative estimate of drug-likeness (QED) is 0.893.